The number of hydrogen-bond acceptors (Lipinski definition) is 3. The lowest BCUT2D eigenvalue weighted by Gasteiger charge is -2.05. The van der Waals surface area contributed by atoms with E-state index in [2.05, 4.69) is 5.10 Å². The molecule has 0 atom stereocenters. The van der Waals surface area contributed by atoms with Gasteiger partial charge >= 0.3 is 6.09 Å². The Hall–Kier alpha value is -1.65. The summed E-state index contributed by atoms with van der Waals surface area (Å²) in [7, 11) is 0. The molecule has 1 aliphatic rings. The van der Waals surface area contributed by atoms with Gasteiger partial charge in [0, 0.05) is 18.2 Å². The summed E-state index contributed by atoms with van der Waals surface area (Å²) in [6.07, 6.45) is 2.27. The van der Waals surface area contributed by atoms with Crippen molar-refractivity contribution in [3.8, 4) is 0 Å². The third-order valence-corrected chi connectivity index (χ3v) is 2.10. The third-order valence-electron chi connectivity index (χ3n) is 2.10. The van der Waals surface area contributed by atoms with E-state index in [9.17, 15) is 9.59 Å². The summed E-state index contributed by atoms with van der Waals surface area (Å²) in [5.74, 6) is -0.0544. The molecule has 0 saturated carbocycles. The van der Waals surface area contributed by atoms with Gasteiger partial charge in [-0.25, -0.2) is 4.79 Å². The van der Waals surface area contributed by atoms with E-state index >= 15 is 0 Å². The van der Waals surface area contributed by atoms with Crippen LogP contribution in [-0.2, 0) is 6.42 Å². The van der Waals surface area contributed by atoms with E-state index in [0.29, 0.717) is 12.1 Å². The average Bonchev–Trinajstić information content (AvgIpc) is 2.49. The predicted octanol–water partition coefficient (Wildman–Crippen LogP) is 0.928. The lowest BCUT2D eigenvalue weighted by Crippen LogP contribution is -2.11. The van der Waals surface area contributed by atoms with E-state index in [1.807, 2.05) is 0 Å². The maximum absolute atomic E-state index is 11.3. The van der Waals surface area contributed by atoms with Crippen molar-refractivity contribution in [1.82, 2.24) is 9.78 Å². The van der Waals surface area contributed by atoms with Gasteiger partial charge in [0.1, 0.15) is 5.69 Å². The summed E-state index contributed by atoms with van der Waals surface area (Å²) in [5, 5.41) is 12.3. The normalized spacial score (nSPS) is 15.5. The minimum Gasteiger partial charge on any atom is -0.463 e. The topological polar surface area (TPSA) is 72.2 Å². The summed E-state index contributed by atoms with van der Waals surface area (Å²) < 4.78 is 0.799. The largest absolute Gasteiger partial charge is 0.463 e. The first-order valence-electron chi connectivity index (χ1n) is 4.03. The van der Waals surface area contributed by atoms with Crippen molar-refractivity contribution in [2.24, 2.45) is 0 Å². The van der Waals surface area contributed by atoms with Gasteiger partial charge in [0.2, 0.25) is 0 Å². The van der Waals surface area contributed by atoms with E-state index in [-0.39, 0.29) is 5.78 Å². The summed E-state index contributed by atoms with van der Waals surface area (Å²) in [6.45, 7) is 0. The van der Waals surface area contributed by atoms with Crippen LogP contribution in [0.2, 0.25) is 0 Å². The number of fused-ring (bicyclic) bond motifs is 1. The molecule has 0 fully saturated rings. The molecule has 1 N–H and O–H groups in total. The molecule has 0 unspecified atom stereocenters. The zero-order chi connectivity index (χ0) is 9.42. The molecule has 0 aromatic carbocycles. The SMILES string of the molecule is O=C1CCCc2cn(C(=O)O)nc21. The zero-order valence-corrected chi connectivity index (χ0v) is 6.86. The molecule has 2 rings (SSSR count). The van der Waals surface area contributed by atoms with Gasteiger partial charge in [-0.15, -0.1) is 0 Å². The fraction of sp³-hybridized carbons (Fsp3) is 0.375. The lowest BCUT2D eigenvalue weighted by atomic mass is 9.97. The molecule has 0 bridgehead atoms. The molecule has 1 aromatic heterocycles. The van der Waals surface area contributed by atoms with Crippen LogP contribution in [0.25, 0.3) is 0 Å². The van der Waals surface area contributed by atoms with Gasteiger partial charge in [-0.2, -0.15) is 9.78 Å². The molecule has 5 nitrogen and oxygen atoms in total. The van der Waals surface area contributed by atoms with Gasteiger partial charge in [-0.1, -0.05) is 0 Å². The number of rotatable bonds is 0. The number of carbonyl (C=O) groups is 2. The fourth-order valence-electron chi connectivity index (χ4n) is 1.48. The highest BCUT2D eigenvalue weighted by atomic mass is 16.4. The molecule has 0 aliphatic heterocycles. The van der Waals surface area contributed by atoms with Crippen LogP contribution in [0, 0.1) is 0 Å². The van der Waals surface area contributed by atoms with Crippen molar-refractivity contribution >= 4 is 11.9 Å². The summed E-state index contributed by atoms with van der Waals surface area (Å²) in [4.78, 5) is 21.8. The van der Waals surface area contributed by atoms with Crippen LogP contribution in [0.1, 0.15) is 28.9 Å². The summed E-state index contributed by atoms with van der Waals surface area (Å²) in [5.41, 5.74) is 1.08. The van der Waals surface area contributed by atoms with E-state index in [1.54, 1.807) is 0 Å². The van der Waals surface area contributed by atoms with Crippen molar-refractivity contribution in [3.63, 3.8) is 0 Å². The van der Waals surface area contributed by atoms with E-state index < -0.39 is 6.09 Å². The Balaban J connectivity index is 2.48. The molecule has 13 heavy (non-hydrogen) atoms. The number of ketones is 1. The molecule has 1 heterocycles. The highest BCUT2D eigenvalue weighted by molar-refractivity contribution is 5.96. The second kappa shape index (κ2) is 2.69. The van der Waals surface area contributed by atoms with Crippen molar-refractivity contribution in [3.05, 3.63) is 17.5 Å². The Kier molecular flexibility index (Phi) is 1.65. The van der Waals surface area contributed by atoms with E-state index in [4.69, 9.17) is 5.11 Å². The van der Waals surface area contributed by atoms with Gasteiger partial charge in [0.15, 0.2) is 5.78 Å². The van der Waals surface area contributed by atoms with E-state index in [1.165, 1.54) is 6.20 Å². The zero-order valence-electron chi connectivity index (χ0n) is 6.86. The molecule has 0 spiro atoms. The van der Waals surface area contributed by atoms with Crippen LogP contribution in [0.5, 0.6) is 0 Å². The Morgan fingerprint density at radius 1 is 1.54 bits per heavy atom. The molecule has 5 heteroatoms. The van der Waals surface area contributed by atoms with Gasteiger partial charge in [0.05, 0.1) is 0 Å². The molecule has 68 valence electrons. The first-order chi connectivity index (χ1) is 6.18. The maximum atomic E-state index is 11.3. The van der Waals surface area contributed by atoms with Crippen molar-refractivity contribution in [1.29, 1.82) is 0 Å². The number of hydrogen-bond donors (Lipinski definition) is 1. The minimum absolute atomic E-state index is 0.0544. The Morgan fingerprint density at radius 3 is 2.92 bits per heavy atom. The van der Waals surface area contributed by atoms with Crippen LogP contribution >= 0.6 is 0 Å². The van der Waals surface area contributed by atoms with Crippen LogP contribution in [0.3, 0.4) is 0 Å². The summed E-state index contributed by atoms with van der Waals surface area (Å²) in [6, 6.07) is 0. The quantitative estimate of drug-likeness (QED) is 0.644. The van der Waals surface area contributed by atoms with E-state index in [0.717, 1.165) is 23.1 Å². The first kappa shape index (κ1) is 7.97. The maximum Gasteiger partial charge on any atom is 0.432 e. The van der Waals surface area contributed by atoms with Gasteiger partial charge < -0.3 is 5.11 Å². The molecule has 1 aromatic rings. The number of nitrogens with zero attached hydrogens (tertiary/aromatic N) is 2. The molecular weight excluding hydrogens is 172 g/mol. The Bertz CT molecular complexity index is 381. The second-order valence-electron chi connectivity index (χ2n) is 3.01. The molecular formula is C8H8N2O3. The number of carboxylic acid groups (broad SMARTS) is 1. The van der Waals surface area contributed by atoms with Crippen LogP contribution < -0.4 is 0 Å². The van der Waals surface area contributed by atoms with Gasteiger partial charge in [0.25, 0.3) is 0 Å². The smallest absolute Gasteiger partial charge is 0.432 e. The Labute approximate surface area is 74.0 Å². The van der Waals surface area contributed by atoms with Crippen molar-refractivity contribution < 1.29 is 14.7 Å². The number of aryl methyl sites for hydroxylation is 1. The van der Waals surface area contributed by atoms with Crippen molar-refractivity contribution in [2.75, 3.05) is 0 Å². The highest BCUT2D eigenvalue weighted by Gasteiger charge is 2.22. The second-order valence-corrected chi connectivity index (χ2v) is 3.01. The minimum atomic E-state index is -1.15. The summed E-state index contributed by atoms with van der Waals surface area (Å²) >= 11 is 0. The molecule has 1 aliphatic carbocycles. The monoisotopic (exact) mass is 180 g/mol. The average molecular weight is 180 g/mol. The van der Waals surface area contributed by atoms with Crippen LogP contribution in [0.15, 0.2) is 6.20 Å². The molecule has 0 amide bonds. The van der Waals surface area contributed by atoms with Crippen LogP contribution in [-0.4, -0.2) is 26.8 Å². The van der Waals surface area contributed by atoms with Crippen molar-refractivity contribution in [2.45, 2.75) is 19.3 Å². The third kappa shape index (κ3) is 1.22. The molecule has 0 radical (unpaired) electrons. The standard InChI is InChI=1S/C8H8N2O3/c11-6-3-1-2-5-4-10(8(12)13)9-7(5)6/h4H,1-3H2,(H,12,13). The number of aromatic nitrogens is 2. The molecule has 0 saturated heterocycles. The Morgan fingerprint density at radius 2 is 2.31 bits per heavy atom. The number of carbonyl (C=O) groups excluding carboxylic acids is 1. The van der Waals surface area contributed by atoms with Gasteiger partial charge in [-0.3, -0.25) is 4.79 Å². The van der Waals surface area contributed by atoms with Gasteiger partial charge in [-0.05, 0) is 12.8 Å². The first-order valence-corrected chi connectivity index (χ1v) is 4.03. The fourth-order valence-corrected chi connectivity index (χ4v) is 1.48. The van der Waals surface area contributed by atoms with Crippen LogP contribution in [0.4, 0.5) is 4.79 Å². The highest BCUT2D eigenvalue weighted by Crippen LogP contribution is 2.19. The lowest BCUT2D eigenvalue weighted by molar-refractivity contribution is 0.0967. The number of Topliss-reactive ketones (excluding diaryl/α,β-unsaturated/α-hetero) is 1. The predicted molar refractivity (Wildman–Crippen MR) is 42.9 cm³/mol.